The number of hydrogen-bond donors (Lipinski definition) is 0. The molecule has 98 valence electrons. The first-order valence-corrected chi connectivity index (χ1v) is 4.46. The van der Waals surface area contributed by atoms with E-state index < -0.39 is 29.4 Å². The van der Waals surface area contributed by atoms with E-state index in [4.69, 9.17) is 0 Å². The topological polar surface area (TPSA) is 9.23 Å². The fourth-order valence-corrected chi connectivity index (χ4v) is 1.10. The Labute approximate surface area is 91.5 Å². The molecule has 0 aliphatic heterocycles. The highest BCUT2D eigenvalue weighted by Gasteiger charge is 2.82. The van der Waals surface area contributed by atoms with Crippen LogP contribution in [0.3, 0.4) is 0 Å². The Morgan fingerprint density at radius 3 is 1.94 bits per heavy atom. The Bertz CT molecular complexity index is 370. The van der Waals surface area contributed by atoms with Crippen LogP contribution in [-0.4, -0.2) is 17.8 Å². The van der Waals surface area contributed by atoms with Crippen molar-refractivity contribution in [2.24, 2.45) is 0 Å². The lowest BCUT2D eigenvalue weighted by molar-refractivity contribution is -0.272. The third-order valence-corrected chi connectivity index (χ3v) is 2.07. The van der Waals surface area contributed by atoms with Crippen molar-refractivity contribution < 1.29 is 35.5 Å². The average molecular weight is 264 g/mol. The van der Waals surface area contributed by atoms with E-state index in [2.05, 4.69) is 4.74 Å². The summed E-state index contributed by atoms with van der Waals surface area (Å²) in [6.45, 7) is 1.54. The van der Waals surface area contributed by atoms with Gasteiger partial charge in [-0.05, 0) is 12.5 Å². The summed E-state index contributed by atoms with van der Waals surface area (Å²) in [7, 11) is 0. The highest BCUT2D eigenvalue weighted by Crippen LogP contribution is 2.59. The number of hydrogen-bond acceptors (Lipinski definition) is 1. The van der Waals surface area contributed by atoms with Gasteiger partial charge in [-0.25, -0.2) is 4.39 Å². The van der Waals surface area contributed by atoms with E-state index in [-0.39, 0.29) is 6.42 Å². The molecule has 0 bridgehead atoms. The van der Waals surface area contributed by atoms with Gasteiger partial charge in [0.2, 0.25) is 11.6 Å². The van der Waals surface area contributed by atoms with E-state index in [9.17, 15) is 30.7 Å². The van der Waals surface area contributed by atoms with E-state index in [1.165, 1.54) is 0 Å². The Morgan fingerprint density at radius 2 is 1.59 bits per heavy atom. The summed E-state index contributed by atoms with van der Waals surface area (Å²) in [6, 6.07) is 0. The summed E-state index contributed by atoms with van der Waals surface area (Å²) in [5.74, 6) is -22.1. The van der Waals surface area contributed by atoms with E-state index in [0.29, 0.717) is 6.26 Å². The van der Waals surface area contributed by atoms with Crippen LogP contribution in [0, 0.1) is 0 Å². The second kappa shape index (κ2) is 3.92. The van der Waals surface area contributed by atoms with Crippen molar-refractivity contribution in [2.45, 2.75) is 31.1 Å². The number of allylic oxidation sites excluding steroid dienone is 3. The zero-order valence-electron chi connectivity index (χ0n) is 8.42. The summed E-state index contributed by atoms with van der Waals surface area (Å²) in [5.41, 5.74) is 0. The molecule has 0 heterocycles. The van der Waals surface area contributed by atoms with Crippen LogP contribution >= 0.6 is 0 Å². The van der Waals surface area contributed by atoms with Crippen LogP contribution in [0.5, 0.6) is 0 Å². The third kappa shape index (κ3) is 1.69. The molecular weight excluding hydrogens is 257 g/mol. The summed E-state index contributed by atoms with van der Waals surface area (Å²) in [4.78, 5) is 0. The first-order valence-electron chi connectivity index (χ1n) is 4.46. The normalized spacial score (nSPS) is 25.6. The maximum Gasteiger partial charge on any atom is 0.386 e. The van der Waals surface area contributed by atoms with Gasteiger partial charge in [-0.3, -0.25) is 0 Å². The van der Waals surface area contributed by atoms with Gasteiger partial charge in [0.1, 0.15) is 0 Å². The van der Waals surface area contributed by atoms with Gasteiger partial charge >= 0.3 is 17.8 Å². The van der Waals surface area contributed by atoms with Crippen molar-refractivity contribution >= 4 is 0 Å². The first kappa shape index (κ1) is 13.9. The minimum absolute atomic E-state index is 0.271. The molecule has 0 spiro atoms. The molecule has 0 amide bonds. The Kier molecular flexibility index (Phi) is 3.19. The van der Waals surface area contributed by atoms with Gasteiger partial charge in [0, 0.05) is 0 Å². The smallest absolute Gasteiger partial charge is 0.386 e. The summed E-state index contributed by atoms with van der Waals surface area (Å²) >= 11 is 0. The maximum absolute atomic E-state index is 12.9. The van der Waals surface area contributed by atoms with E-state index in [1.54, 1.807) is 6.92 Å². The van der Waals surface area contributed by atoms with Gasteiger partial charge in [0.25, 0.3) is 0 Å². The van der Waals surface area contributed by atoms with Crippen LogP contribution in [0.15, 0.2) is 23.9 Å². The summed E-state index contributed by atoms with van der Waals surface area (Å²) < 4.78 is 92.9. The largest absolute Gasteiger partial charge is 0.460 e. The van der Waals surface area contributed by atoms with Gasteiger partial charge in [0.15, 0.2) is 0 Å². The summed E-state index contributed by atoms with van der Waals surface area (Å²) in [5, 5.41) is 0. The molecule has 0 N–H and O–H groups in total. The second-order valence-corrected chi connectivity index (χ2v) is 3.26. The highest BCUT2D eigenvalue weighted by atomic mass is 19.3. The van der Waals surface area contributed by atoms with Crippen molar-refractivity contribution in [3.8, 4) is 0 Å². The minimum Gasteiger partial charge on any atom is -0.460 e. The molecule has 0 saturated carbocycles. The predicted molar refractivity (Wildman–Crippen MR) is 43.5 cm³/mol. The van der Waals surface area contributed by atoms with E-state index in [0.717, 1.165) is 6.08 Å². The monoisotopic (exact) mass is 264 g/mol. The lowest BCUT2D eigenvalue weighted by Crippen LogP contribution is -2.49. The van der Waals surface area contributed by atoms with Gasteiger partial charge in [-0.15, -0.1) is 0 Å². The van der Waals surface area contributed by atoms with Crippen molar-refractivity contribution in [2.75, 3.05) is 0 Å². The summed E-state index contributed by atoms with van der Waals surface area (Å²) in [6.07, 6.45) is 1.80. The van der Waals surface area contributed by atoms with Crippen molar-refractivity contribution in [3.05, 3.63) is 23.9 Å². The molecule has 1 rings (SSSR count). The van der Waals surface area contributed by atoms with Gasteiger partial charge in [0.05, 0.1) is 6.26 Å². The van der Waals surface area contributed by atoms with Crippen LogP contribution < -0.4 is 0 Å². The number of ether oxygens (including phenoxy) is 1. The fraction of sp³-hybridized carbons (Fsp3) is 0.556. The van der Waals surface area contributed by atoms with Gasteiger partial charge < -0.3 is 4.74 Å². The van der Waals surface area contributed by atoms with E-state index >= 15 is 0 Å². The number of rotatable bonds is 3. The lowest BCUT2D eigenvalue weighted by Gasteiger charge is -2.23. The fourth-order valence-electron chi connectivity index (χ4n) is 1.10. The van der Waals surface area contributed by atoms with Gasteiger partial charge in [-0.1, -0.05) is 6.92 Å². The standard InChI is InChI=1S/C9H7F7O/c1-2-3-4-17-6-5(10)7(11,12)9(15,16)8(6,13)14/h3-4H,2H2,1H3. The quantitative estimate of drug-likeness (QED) is 0.552. The van der Waals surface area contributed by atoms with Gasteiger partial charge in [-0.2, -0.15) is 26.3 Å². The third-order valence-electron chi connectivity index (χ3n) is 2.07. The molecule has 0 atom stereocenters. The Balaban J connectivity index is 3.18. The molecule has 0 unspecified atom stereocenters. The van der Waals surface area contributed by atoms with Crippen LogP contribution in [0.1, 0.15) is 13.3 Å². The van der Waals surface area contributed by atoms with Crippen LogP contribution in [-0.2, 0) is 4.74 Å². The lowest BCUT2D eigenvalue weighted by atomic mass is 10.1. The maximum atomic E-state index is 12.9. The molecule has 0 radical (unpaired) electrons. The molecular formula is C9H7F7O. The zero-order valence-corrected chi connectivity index (χ0v) is 8.42. The first-order chi connectivity index (χ1) is 7.60. The average Bonchev–Trinajstić information content (AvgIpc) is 2.29. The molecule has 0 aromatic rings. The van der Waals surface area contributed by atoms with Crippen LogP contribution in [0.25, 0.3) is 0 Å². The molecule has 1 aliphatic rings. The Morgan fingerprint density at radius 1 is 1.06 bits per heavy atom. The SMILES string of the molecule is CCC=COC1=C(F)C(F)(F)C(F)(F)C1(F)F. The molecule has 0 saturated heterocycles. The minimum atomic E-state index is -5.85. The number of alkyl halides is 6. The molecule has 0 aromatic carbocycles. The predicted octanol–water partition coefficient (Wildman–Crippen LogP) is 4.03. The molecule has 1 aliphatic carbocycles. The van der Waals surface area contributed by atoms with Crippen LogP contribution in [0.2, 0.25) is 0 Å². The highest BCUT2D eigenvalue weighted by molar-refractivity contribution is 5.33. The van der Waals surface area contributed by atoms with Crippen molar-refractivity contribution in [1.29, 1.82) is 0 Å². The van der Waals surface area contributed by atoms with E-state index in [1.807, 2.05) is 0 Å². The molecule has 0 aromatic heterocycles. The molecule has 1 nitrogen and oxygen atoms in total. The molecule has 0 fully saturated rings. The van der Waals surface area contributed by atoms with Crippen molar-refractivity contribution in [3.63, 3.8) is 0 Å². The Hall–Kier alpha value is -1.21. The number of halogens is 7. The zero-order chi connectivity index (χ0) is 13.5. The van der Waals surface area contributed by atoms with Crippen LogP contribution in [0.4, 0.5) is 30.7 Å². The molecule has 8 heteroatoms. The second-order valence-electron chi connectivity index (χ2n) is 3.26. The van der Waals surface area contributed by atoms with Crippen molar-refractivity contribution in [1.82, 2.24) is 0 Å². The molecule has 17 heavy (non-hydrogen) atoms.